The summed E-state index contributed by atoms with van der Waals surface area (Å²) in [4.78, 5) is 12.2. The predicted octanol–water partition coefficient (Wildman–Crippen LogP) is 3.94. The van der Waals surface area contributed by atoms with Crippen molar-refractivity contribution in [3.05, 3.63) is 57.6 Å². The molecule has 1 N–H and O–H groups in total. The van der Waals surface area contributed by atoms with Crippen molar-refractivity contribution in [2.24, 2.45) is 0 Å². The van der Waals surface area contributed by atoms with Crippen molar-refractivity contribution >= 4 is 29.1 Å². The first kappa shape index (κ1) is 16.5. The summed E-state index contributed by atoms with van der Waals surface area (Å²) in [5.74, 6) is 0.788. The number of carbonyl (C=O) groups excluding carboxylic acids is 1. The molecule has 0 heterocycles. The van der Waals surface area contributed by atoms with E-state index in [0.29, 0.717) is 23.6 Å². The van der Waals surface area contributed by atoms with E-state index in [0.717, 1.165) is 5.56 Å². The van der Waals surface area contributed by atoms with Gasteiger partial charge < -0.3 is 14.8 Å². The van der Waals surface area contributed by atoms with Crippen molar-refractivity contribution in [1.29, 1.82) is 0 Å². The highest BCUT2D eigenvalue weighted by Crippen LogP contribution is 2.33. The Bertz CT molecular complexity index is 666. The topological polar surface area (TPSA) is 47.6 Å². The molecule has 0 aliphatic rings. The predicted molar refractivity (Wildman–Crippen MR) is 87.2 cm³/mol. The van der Waals surface area contributed by atoms with Gasteiger partial charge in [0.2, 0.25) is 0 Å². The van der Waals surface area contributed by atoms with Crippen molar-refractivity contribution in [3.63, 3.8) is 0 Å². The number of halogens is 2. The average Bonchev–Trinajstić information content (AvgIpc) is 2.52. The fraction of sp³-hybridized carbons (Fsp3) is 0.188. The zero-order valence-electron chi connectivity index (χ0n) is 12.2. The molecule has 1 amide bonds. The third kappa shape index (κ3) is 3.64. The molecular formula is C16H15Cl2NO3. The number of para-hydroxylation sites is 1. The molecule has 0 bridgehead atoms. The van der Waals surface area contributed by atoms with Crippen molar-refractivity contribution < 1.29 is 14.3 Å². The van der Waals surface area contributed by atoms with Crippen LogP contribution in [0.4, 0.5) is 0 Å². The van der Waals surface area contributed by atoms with Crippen LogP contribution in [0.5, 0.6) is 11.5 Å². The Kier molecular flexibility index (Phi) is 5.52. The lowest BCUT2D eigenvalue weighted by molar-refractivity contribution is 0.0950. The van der Waals surface area contributed by atoms with Crippen LogP contribution in [0.2, 0.25) is 10.0 Å². The van der Waals surface area contributed by atoms with Gasteiger partial charge in [-0.15, -0.1) is 0 Å². The Hall–Kier alpha value is -1.91. The highest BCUT2D eigenvalue weighted by Gasteiger charge is 2.13. The second-order valence-corrected chi connectivity index (χ2v) is 5.28. The molecule has 116 valence electrons. The lowest BCUT2D eigenvalue weighted by atomic mass is 10.1. The van der Waals surface area contributed by atoms with Gasteiger partial charge in [0, 0.05) is 17.7 Å². The lowest BCUT2D eigenvalue weighted by Gasteiger charge is -2.11. The summed E-state index contributed by atoms with van der Waals surface area (Å²) in [5.41, 5.74) is 1.25. The van der Waals surface area contributed by atoms with Crippen molar-refractivity contribution in [3.8, 4) is 11.5 Å². The molecule has 6 heteroatoms. The van der Waals surface area contributed by atoms with Crippen LogP contribution in [0.3, 0.4) is 0 Å². The van der Waals surface area contributed by atoms with Gasteiger partial charge in [-0.1, -0.05) is 41.4 Å². The van der Waals surface area contributed by atoms with Crippen LogP contribution in [-0.4, -0.2) is 20.1 Å². The van der Waals surface area contributed by atoms with Gasteiger partial charge in [0.05, 0.1) is 24.3 Å². The molecular weight excluding hydrogens is 325 g/mol. The first-order valence-electron chi connectivity index (χ1n) is 6.50. The molecule has 22 heavy (non-hydrogen) atoms. The van der Waals surface area contributed by atoms with E-state index < -0.39 is 0 Å². The molecule has 0 saturated heterocycles. The second-order valence-electron chi connectivity index (χ2n) is 4.47. The van der Waals surface area contributed by atoms with E-state index in [4.69, 9.17) is 32.7 Å². The van der Waals surface area contributed by atoms with Gasteiger partial charge >= 0.3 is 0 Å². The number of nitrogens with one attached hydrogen (secondary N) is 1. The summed E-state index contributed by atoms with van der Waals surface area (Å²) in [6.45, 7) is 0.337. The molecule has 0 unspecified atom stereocenters. The molecule has 2 rings (SSSR count). The second kappa shape index (κ2) is 7.38. The summed E-state index contributed by atoms with van der Waals surface area (Å²) in [6.07, 6.45) is 0. The minimum atomic E-state index is -0.280. The Labute approximate surface area is 138 Å². The van der Waals surface area contributed by atoms with Gasteiger partial charge in [0.15, 0.2) is 5.75 Å². The van der Waals surface area contributed by atoms with Crippen molar-refractivity contribution in [2.45, 2.75) is 6.54 Å². The van der Waals surface area contributed by atoms with Crippen LogP contribution in [-0.2, 0) is 6.54 Å². The largest absolute Gasteiger partial charge is 0.496 e. The number of rotatable bonds is 5. The fourth-order valence-electron chi connectivity index (χ4n) is 2.01. The van der Waals surface area contributed by atoms with Gasteiger partial charge in [0.25, 0.3) is 5.91 Å². The Morgan fingerprint density at radius 3 is 2.32 bits per heavy atom. The van der Waals surface area contributed by atoms with Gasteiger partial charge in [-0.05, 0) is 18.2 Å². The number of amides is 1. The SMILES string of the molecule is COc1ccccc1CNC(=O)c1cc(Cl)c(OC)c(Cl)c1. The van der Waals surface area contributed by atoms with E-state index in [-0.39, 0.29) is 16.0 Å². The molecule has 0 radical (unpaired) electrons. The van der Waals surface area contributed by atoms with E-state index in [1.165, 1.54) is 19.2 Å². The molecule has 0 saturated carbocycles. The molecule has 0 aliphatic heterocycles. The standard InChI is InChI=1S/C16H15Cl2NO3/c1-21-14-6-4-3-5-10(14)9-19-16(20)11-7-12(17)15(22-2)13(18)8-11/h3-8H,9H2,1-2H3,(H,19,20). The van der Waals surface area contributed by atoms with E-state index in [1.54, 1.807) is 7.11 Å². The molecule has 0 aromatic heterocycles. The van der Waals surface area contributed by atoms with Crippen LogP contribution >= 0.6 is 23.2 Å². The molecule has 0 spiro atoms. The zero-order chi connectivity index (χ0) is 16.1. The van der Waals surface area contributed by atoms with Gasteiger partial charge in [-0.25, -0.2) is 0 Å². The molecule has 0 aliphatic carbocycles. The molecule has 4 nitrogen and oxygen atoms in total. The van der Waals surface area contributed by atoms with E-state index >= 15 is 0 Å². The minimum Gasteiger partial charge on any atom is -0.496 e. The zero-order valence-corrected chi connectivity index (χ0v) is 13.7. The van der Waals surface area contributed by atoms with Crippen LogP contribution < -0.4 is 14.8 Å². The van der Waals surface area contributed by atoms with E-state index in [2.05, 4.69) is 5.32 Å². The highest BCUT2D eigenvalue weighted by atomic mass is 35.5. The summed E-state index contributed by atoms with van der Waals surface area (Å²) in [7, 11) is 3.05. The average molecular weight is 340 g/mol. The highest BCUT2D eigenvalue weighted by molar-refractivity contribution is 6.37. The summed E-state index contributed by atoms with van der Waals surface area (Å²) < 4.78 is 10.3. The van der Waals surface area contributed by atoms with Gasteiger partial charge in [-0.3, -0.25) is 4.79 Å². The van der Waals surface area contributed by atoms with Gasteiger partial charge in [0.1, 0.15) is 5.75 Å². The minimum absolute atomic E-state index is 0.280. The first-order valence-corrected chi connectivity index (χ1v) is 7.25. The normalized spacial score (nSPS) is 10.2. The number of ether oxygens (including phenoxy) is 2. The summed E-state index contributed by atoms with van der Waals surface area (Å²) in [5, 5.41) is 3.38. The third-order valence-electron chi connectivity index (χ3n) is 3.10. The Morgan fingerprint density at radius 1 is 1.09 bits per heavy atom. The van der Waals surface area contributed by atoms with Crippen LogP contribution in [0.25, 0.3) is 0 Å². The molecule has 2 aromatic rings. The molecule has 2 aromatic carbocycles. The maximum atomic E-state index is 12.2. The monoisotopic (exact) mass is 339 g/mol. The Morgan fingerprint density at radius 2 is 1.73 bits per heavy atom. The van der Waals surface area contributed by atoms with Crippen LogP contribution in [0.15, 0.2) is 36.4 Å². The number of hydrogen-bond acceptors (Lipinski definition) is 3. The number of hydrogen-bond donors (Lipinski definition) is 1. The summed E-state index contributed by atoms with van der Waals surface area (Å²) >= 11 is 12.1. The van der Waals surface area contributed by atoms with E-state index in [1.807, 2.05) is 24.3 Å². The van der Waals surface area contributed by atoms with Crippen molar-refractivity contribution in [1.82, 2.24) is 5.32 Å². The fourth-order valence-corrected chi connectivity index (χ4v) is 2.65. The Balaban J connectivity index is 2.13. The smallest absolute Gasteiger partial charge is 0.251 e. The number of carbonyl (C=O) groups is 1. The maximum absolute atomic E-state index is 12.2. The third-order valence-corrected chi connectivity index (χ3v) is 3.66. The van der Waals surface area contributed by atoms with Crippen molar-refractivity contribution in [2.75, 3.05) is 14.2 Å². The van der Waals surface area contributed by atoms with Crippen LogP contribution in [0.1, 0.15) is 15.9 Å². The number of methoxy groups -OCH3 is 2. The molecule has 0 atom stereocenters. The number of benzene rings is 2. The lowest BCUT2D eigenvalue weighted by Crippen LogP contribution is -2.23. The first-order chi connectivity index (χ1) is 10.6. The van der Waals surface area contributed by atoms with Crippen LogP contribution in [0, 0.1) is 0 Å². The quantitative estimate of drug-likeness (QED) is 0.897. The maximum Gasteiger partial charge on any atom is 0.251 e. The molecule has 0 fully saturated rings. The van der Waals surface area contributed by atoms with Gasteiger partial charge in [-0.2, -0.15) is 0 Å². The van der Waals surface area contributed by atoms with E-state index in [9.17, 15) is 4.79 Å². The summed E-state index contributed by atoms with van der Waals surface area (Å²) in [6, 6.07) is 10.5.